The Morgan fingerprint density at radius 2 is 2.20 bits per heavy atom. The van der Waals surface area contributed by atoms with Crippen molar-refractivity contribution in [2.24, 2.45) is 11.8 Å². The van der Waals surface area contributed by atoms with Gasteiger partial charge in [-0.05, 0) is 31.4 Å². The van der Waals surface area contributed by atoms with Gasteiger partial charge in [0.15, 0.2) is 12.0 Å². The fourth-order valence-corrected chi connectivity index (χ4v) is 2.11. The Bertz CT molecular complexity index is 302. The first kappa shape index (κ1) is 12.0. The van der Waals surface area contributed by atoms with E-state index in [-0.39, 0.29) is 0 Å². The minimum absolute atomic E-state index is 0.515. The molecule has 2 heteroatoms. The number of hydrogen-bond donors (Lipinski definition) is 0. The predicted molar refractivity (Wildman–Crippen MR) is 64.0 cm³/mol. The van der Waals surface area contributed by atoms with Crippen LogP contribution in [0.15, 0.2) is 24.6 Å². The van der Waals surface area contributed by atoms with Crippen molar-refractivity contribution in [3.8, 4) is 0 Å². The Morgan fingerprint density at radius 1 is 1.53 bits per heavy atom. The Hall–Kier alpha value is -1.05. The molecule has 0 radical (unpaired) electrons. The van der Waals surface area contributed by atoms with Crippen LogP contribution in [0.1, 0.15) is 26.7 Å². The van der Waals surface area contributed by atoms with E-state index in [2.05, 4.69) is 31.1 Å². The van der Waals surface area contributed by atoms with E-state index in [4.69, 9.17) is 4.74 Å². The van der Waals surface area contributed by atoms with E-state index < -0.39 is 0 Å². The number of hydrogen-bond acceptors (Lipinski definition) is 1. The lowest BCUT2D eigenvalue weighted by Crippen LogP contribution is -2.26. The summed E-state index contributed by atoms with van der Waals surface area (Å²) in [5, 5.41) is 0. The number of allylic oxidation sites excluding steroid dienone is 2. The van der Waals surface area contributed by atoms with E-state index in [0.717, 1.165) is 12.2 Å². The Morgan fingerprint density at radius 3 is 2.73 bits per heavy atom. The van der Waals surface area contributed by atoms with Gasteiger partial charge in [0.05, 0.1) is 7.11 Å². The molecule has 0 saturated heterocycles. The van der Waals surface area contributed by atoms with E-state index in [0.29, 0.717) is 11.8 Å². The Kier molecular flexibility index (Phi) is 4.13. The van der Waals surface area contributed by atoms with Crippen LogP contribution >= 0.6 is 0 Å². The molecular formula is C13H22NO+. The van der Waals surface area contributed by atoms with Gasteiger partial charge >= 0.3 is 0 Å². The van der Waals surface area contributed by atoms with Gasteiger partial charge in [0.2, 0.25) is 5.71 Å². The third-order valence-electron chi connectivity index (χ3n) is 3.36. The third kappa shape index (κ3) is 2.49. The van der Waals surface area contributed by atoms with Gasteiger partial charge in [0.25, 0.3) is 0 Å². The van der Waals surface area contributed by atoms with E-state index >= 15 is 0 Å². The molecule has 15 heavy (non-hydrogen) atoms. The van der Waals surface area contributed by atoms with Gasteiger partial charge in [-0.3, -0.25) is 0 Å². The fraction of sp³-hybridized carbons (Fsp3) is 0.615. The van der Waals surface area contributed by atoms with Crippen LogP contribution in [-0.4, -0.2) is 24.4 Å². The van der Waals surface area contributed by atoms with Gasteiger partial charge in [-0.25, -0.2) is 4.58 Å². The zero-order chi connectivity index (χ0) is 11.4. The average molecular weight is 208 g/mol. The lowest BCUT2D eigenvalue weighted by Gasteiger charge is -2.17. The summed E-state index contributed by atoms with van der Waals surface area (Å²) in [6.45, 7) is 8.38. The van der Waals surface area contributed by atoms with Crippen molar-refractivity contribution in [1.82, 2.24) is 0 Å². The third-order valence-corrected chi connectivity index (χ3v) is 3.36. The molecular weight excluding hydrogens is 186 g/mol. The van der Waals surface area contributed by atoms with Crippen molar-refractivity contribution in [1.29, 1.82) is 0 Å². The second kappa shape index (κ2) is 5.15. The van der Waals surface area contributed by atoms with Crippen LogP contribution in [0.3, 0.4) is 0 Å². The molecule has 0 amide bonds. The molecule has 2 unspecified atom stereocenters. The summed E-state index contributed by atoms with van der Waals surface area (Å²) in [5.74, 6) is 2.21. The van der Waals surface area contributed by atoms with Crippen LogP contribution in [0.2, 0.25) is 0 Å². The highest BCUT2D eigenvalue weighted by Gasteiger charge is 2.30. The maximum absolute atomic E-state index is 5.46. The predicted octanol–water partition coefficient (Wildman–Crippen LogP) is 2.81. The molecule has 2 atom stereocenters. The fourth-order valence-electron chi connectivity index (χ4n) is 2.11. The smallest absolute Gasteiger partial charge is 0.226 e. The van der Waals surface area contributed by atoms with Crippen LogP contribution in [0.5, 0.6) is 0 Å². The Balaban J connectivity index is 3.17. The second-order valence-electron chi connectivity index (χ2n) is 4.29. The van der Waals surface area contributed by atoms with Crippen LogP contribution in [0.25, 0.3) is 0 Å². The molecule has 2 nitrogen and oxygen atoms in total. The van der Waals surface area contributed by atoms with Gasteiger partial charge < -0.3 is 4.74 Å². The van der Waals surface area contributed by atoms with E-state index in [1.165, 1.54) is 12.1 Å². The molecule has 0 aliphatic heterocycles. The maximum Gasteiger partial charge on any atom is 0.226 e. The molecule has 0 aromatic heterocycles. The molecule has 1 aliphatic rings. The molecule has 0 spiro atoms. The zero-order valence-corrected chi connectivity index (χ0v) is 10.3. The van der Waals surface area contributed by atoms with Crippen LogP contribution in [0.4, 0.5) is 0 Å². The van der Waals surface area contributed by atoms with Crippen LogP contribution < -0.4 is 0 Å². The summed E-state index contributed by atoms with van der Waals surface area (Å²) in [4.78, 5) is 0. The summed E-state index contributed by atoms with van der Waals surface area (Å²) in [5.41, 5.74) is 1.25. The summed E-state index contributed by atoms with van der Waals surface area (Å²) < 4.78 is 7.53. The van der Waals surface area contributed by atoms with E-state index in [9.17, 15) is 0 Å². The highest BCUT2D eigenvalue weighted by Crippen LogP contribution is 2.26. The first-order chi connectivity index (χ1) is 7.11. The lowest BCUT2D eigenvalue weighted by molar-refractivity contribution is -0.425. The van der Waals surface area contributed by atoms with Gasteiger partial charge in [-0.15, -0.1) is 0 Å². The average Bonchev–Trinajstić information content (AvgIpc) is 2.38. The van der Waals surface area contributed by atoms with E-state index in [1.54, 1.807) is 7.11 Å². The molecule has 0 bridgehead atoms. The van der Waals surface area contributed by atoms with Crippen molar-refractivity contribution >= 4 is 5.71 Å². The highest BCUT2D eigenvalue weighted by molar-refractivity contribution is 5.96. The molecule has 0 N–H and O–H groups in total. The van der Waals surface area contributed by atoms with Gasteiger partial charge in [-0.1, -0.05) is 13.8 Å². The van der Waals surface area contributed by atoms with Crippen molar-refractivity contribution in [3.05, 3.63) is 24.6 Å². The second-order valence-corrected chi connectivity index (χ2v) is 4.29. The minimum atomic E-state index is 0.515. The number of ether oxygens (including phenoxy) is 1. The van der Waals surface area contributed by atoms with Gasteiger partial charge in [-0.2, -0.15) is 0 Å². The molecule has 1 aliphatic carbocycles. The first-order valence-electron chi connectivity index (χ1n) is 5.58. The first-order valence-corrected chi connectivity index (χ1v) is 5.58. The molecule has 84 valence electrons. The summed E-state index contributed by atoms with van der Waals surface area (Å²) in [6.07, 6.45) is 6.36. The van der Waals surface area contributed by atoms with Crippen molar-refractivity contribution in [2.75, 3.05) is 14.2 Å². The van der Waals surface area contributed by atoms with Crippen LogP contribution in [0, 0.1) is 11.8 Å². The van der Waals surface area contributed by atoms with Crippen molar-refractivity contribution in [2.45, 2.75) is 26.7 Å². The number of nitrogens with zero attached hydrogens (tertiary/aromatic N) is 1. The monoisotopic (exact) mass is 208 g/mol. The van der Waals surface area contributed by atoms with Crippen molar-refractivity contribution < 1.29 is 9.31 Å². The summed E-state index contributed by atoms with van der Waals surface area (Å²) in [6, 6.07) is 0. The van der Waals surface area contributed by atoms with Gasteiger partial charge in [0.1, 0.15) is 7.05 Å². The van der Waals surface area contributed by atoms with Crippen molar-refractivity contribution in [3.63, 3.8) is 0 Å². The molecule has 0 fully saturated rings. The standard InChI is InChI=1S/C13H22NO/c1-6-14(4)13-11(3)10(2)8-7-9-12(13)15-5/h6,9-11H,1,7-8H2,2-5H3/q+1. The van der Waals surface area contributed by atoms with Crippen LogP contribution in [-0.2, 0) is 4.74 Å². The lowest BCUT2D eigenvalue weighted by atomic mass is 9.89. The minimum Gasteiger partial charge on any atom is -0.491 e. The maximum atomic E-state index is 5.46. The summed E-state index contributed by atoms with van der Waals surface area (Å²) >= 11 is 0. The van der Waals surface area contributed by atoms with Gasteiger partial charge in [0, 0.05) is 5.92 Å². The quantitative estimate of drug-likeness (QED) is 0.636. The van der Waals surface area contributed by atoms with E-state index in [1.807, 2.05) is 13.2 Å². The number of rotatable bonds is 2. The molecule has 0 aromatic rings. The Labute approximate surface area is 93.0 Å². The largest absolute Gasteiger partial charge is 0.491 e. The molecule has 0 saturated carbocycles. The number of methoxy groups -OCH3 is 1. The normalized spacial score (nSPS) is 30.3. The molecule has 0 aromatic carbocycles. The summed E-state index contributed by atoms with van der Waals surface area (Å²) in [7, 11) is 3.77. The zero-order valence-electron chi connectivity index (χ0n) is 10.3. The topological polar surface area (TPSA) is 12.2 Å². The SMILES string of the molecule is C=C[N+](C)=C1C(OC)=CCCC(C)C1C. The molecule has 1 rings (SSSR count). The highest BCUT2D eigenvalue weighted by atomic mass is 16.5. The molecule has 0 heterocycles.